The monoisotopic (exact) mass is 264 g/mol. The summed E-state index contributed by atoms with van der Waals surface area (Å²) < 4.78 is 5.01. The summed E-state index contributed by atoms with van der Waals surface area (Å²) in [5.41, 5.74) is -0.307. The number of carbonyl (C=O) groups is 1. The summed E-state index contributed by atoms with van der Waals surface area (Å²) in [7, 11) is 1.37. The predicted octanol–water partition coefficient (Wildman–Crippen LogP) is 2.30. The molecule has 6 nitrogen and oxygen atoms in total. The molecule has 0 atom stereocenters. The molecule has 0 radical (unpaired) electrons. The van der Waals surface area contributed by atoms with E-state index in [9.17, 15) is 14.9 Å². The summed E-state index contributed by atoms with van der Waals surface area (Å²) in [6.45, 7) is 2.30. The van der Waals surface area contributed by atoms with Crippen LogP contribution in [0.2, 0.25) is 0 Å². The van der Waals surface area contributed by atoms with Crippen LogP contribution in [0.4, 0.5) is 5.69 Å². The Morgan fingerprint density at radius 3 is 2.84 bits per heavy atom. The SMILES string of the molecule is C/C=C/CCNC(=O)c1c(OC)cccc1[N+](=O)[O-]. The lowest BCUT2D eigenvalue weighted by molar-refractivity contribution is -0.385. The molecule has 0 aliphatic carbocycles. The fourth-order valence-electron chi connectivity index (χ4n) is 1.59. The van der Waals surface area contributed by atoms with Crippen molar-refractivity contribution >= 4 is 11.6 Å². The number of nitro benzene ring substituents is 1. The zero-order chi connectivity index (χ0) is 14.3. The lowest BCUT2D eigenvalue weighted by Gasteiger charge is -2.09. The molecule has 0 saturated carbocycles. The lowest BCUT2D eigenvalue weighted by atomic mass is 10.1. The minimum Gasteiger partial charge on any atom is -0.496 e. The fourth-order valence-corrected chi connectivity index (χ4v) is 1.59. The van der Waals surface area contributed by atoms with E-state index in [0.29, 0.717) is 13.0 Å². The molecular weight excluding hydrogens is 248 g/mol. The van der Waals surface area contributed by atoms with Crippen molar-refractivity contribution in [2.45, 2.75) is 13.3 Å². The Kier molecular flexibility index (Phi) is 5.53. The van der Waals surface area contributed by atoms with E-state index in [0.717, 1.165) is 0 Å². The Bertz CT molecular complexity index is 497. The summed E-state index contributed by atoms with van der Waals surface area (Å²) in [4.78, 5) is 22.3. The minimum atomic E-state index is -0.594. The predicted molar refractivity (Wildman–Crippen MR) is 71.4 cm³/mol. The maximum Gasteiger partial charge on any atom is 0.285 e. The van der Waals surface area contributed by atoms with E-state index in [1.165, 1.54) is 25.3 Å². The van der Waals surface area contributed by atoms with Crippen LogP contribution in [0.15, 0.2) is 30.4 Å². The van der Waals surface area contributed by atoms with Gasteiger partial charge in [-0.3, -0.25) is 14.9 Å². The second-order valence-electron chi connectivity index (χ2n) is 3.73. The maximum atomic E-state index is 12.0. The van der Waals surface area contributed by atoms with Crippen LogP contribution < -0.4 is 10.1 Å². The molecule has 0 aliphatic heterocycles. The number of benzene rings is 1. The van der Waals surface area contributed by atoms with Gasteiger partial charge in [0.05, 0.1) is 12.0 Å². The van der Waals surface area contributed by atoms with Gasteiger partial charge in [0.1, 0.15) is 5.75 Å². The number of nitrogens with zero attached hydrogens (tertiary/aromatic N) is 1. The third-order valence-corrected chi connectivity index (χ3v) is 2.48. The highest BCUT2D eigenvalue weighted by atomic mass is 16.6. The number of allylic oxidation sites excluding steroid dienone is 1. The third kappa shape index (κ3) is 3.80. The second-order valence-corrected chi connectivity index (χ2v) is 3.73. The largest absolute Gasteiger partial charge is 0.496 e. The summed E-state index contributed by atoms with van der Waals surface area (Å²) >= 11 is 0. The Morgan fingerprint density at radius 2 is 2.26 bits per heavy atom. The van der Waals surface area contributed by atoms with E-state index >= 15 is 0 Å². The first-order valence-corrected chi connectivity index (χ1v) is 5.82. The quantitative estimate of drug-likeness (QED) is 0.370. The number of hydrogen-bond donors (Lipinski definition) is 1. The molecule has 1 N–H and O–H groups in total. The van der Waals surface area contributed by atoms with Crippen molar-refractivity contribution < 1.29 is 14.5 Å². The standard InChI is InChI=1S/C13H16N2O4/c1-3-4-5-9-14-13(16)12-10(15(17)18)7-6-8-11(12)19-2/h3-4,6-8H,5,9H2,1-2H3,(H,14,16)/b4-3+. The molecule has 0 aliphatic rings. The lowest BCUT2D eigenvalue weighted by Crippen LogP contribution is -2.25. The molecule has 0 bridgehead atoms. The molecule has 1 aromatic carbocycles. The fraction of sp³-hybridized carbons (Fsp3) is 0.308. The smallest absolute Gasteiger partial charge is 0.285 e. The Labute approximate surface area is 111 Å². The first kappa shape index (κ1) is 14.7. The Hall–Kier alpha value is -2.37. The van der Waals surface area contributed by atoms with Crippen molar-refractivity contribution in [2.24, 2.45) is 0 Å². The number of rotatable bonds is 6. The third-order valence-electron chi connectivity index (χ3n) is 2.48. The van der Waals surface area contributed by atoms with Gasteiger partial charge in [-0.1, -0.05) is 18.2 Å². The normalized spacial score (nSPS) is 10.4. The van der Waals surface area contributed by atoms with Crippen LogP contribution in [0.1, 0.15) is 23.7 Å². The van der Waals surface area contributed by atoms with Gasteiger partial charge in [0.25, 0.3) is 11.6 Å². The van der Waals surface area contributed by atoms with E-state index in [4.69, 9.17) is 4.74 Å². The molecule has 1 aromatic rings. The van der Waals surface area contributed by atoms with Crippen molar-refractivity contribution in [3.63, 3.8) is 0 Å². The van der Waals surface area contributed by atoms with Crippen molar-refractivity contribution in [3.05, 3.63) is 46.0 Å². The van der Waals surface area contributed by atoms with Crippen molar-refractivity contribution in [2.75, 3.05) is 13.7 Å². The van der Waals surface area contributed by atoms with Gasteiger partial charge in [0.2, 0.25) is 0 Å². The number of ether oxygens (including phenoxy) is 1. The van der Waals surface area contributed by atoms with Gasteiger partial charge in [0.15, 0.2) is 5.56 Å². The van der Waals surface area contributed by atoms with E-state index < -0.39 is 10.8 Å². The van der Waals surface area contributed by atoms with Crippen LogP contribution >= 0.6 is 0 Å². The molecule has 1 amide bonds. The first-order valence-electron chi connectivity index (χ1n) is 5.82. The molecule has 0 spiro atoms. The van der Waals surface area contributed by atoms with Crippen LogP contribution in [0, 0.1) is 10.1 Å². The second kappa shape index (κ2) is 7.15. The van der Waals surface area contributed by atoms with E-state index in [1.807, 2.05) is 19.1 Å². The van der Waals surface area contributed by atoms with E-state index in [-0.39, 0.29) is 17.0 Å². The number of hydrogen-bond acceptors (Lipinski definition) is 4. The number of nitro groups is 1. The average molecular weight is 264 g/mol. The van der Waals surface area contributed by atoms with Gasteiger partial charge in [-0.2, -0.15) is 0 Å². The highest BCUT2D eigenvalue weighted by Crippen LogP contribution is 2.27. The van der Waals surface area contributed by atoms with Crippen molar-refractivity contribution in [3.8, 4) is 5.75 Å². The van der Waals surface area contributed by atoms with Gasteiger partial charge in [-0.25, -0.2) is 0 Å². The van der Waals surface area contributed by atoms with Crippen LogP contribution in [-0.4, -0.2) is 24.5 Å². The van der Waals surface area contributed by atoms with E-state index in [2.05, 4.69) is 5.32 Å². The highest BCUT2D eigenvalue weighted by molar-refractivity contribution is 6.00. The topological polar surface area (TPSA) is 81.5 Å². The molecule has 0 saturated heterocycles. The van der Waals surface area contributed by atoms with Crippen LogP contribution in [0.25, 0.3) is 0 Å². The maximum absolute atomic E-state index is 12.0. The highest BCUT2D eigenvalue weighted by Gasteiger charge is 2.24. The molecular formula is C13H16N2O4. The van der Waals surface area contributed by atoms with Crippen molar-refractivity contribution in [1.29, 1.82) is 0 Å². The number of nitrogens with one attached hydrogen (secondary N) is 1. The molecule has 19 heavy (non-hydrogen) atoms. The first-order chi connectivity index (χ1) is 9.11. The number of methoxy groups -OCH3 is 1. The van der Waals surface area contributed by atoms with Gasteiger partial charge in [-0.15, -0.1) is 0 Å². The molecule has 0 heterocycles. The summed E-state index contributed by atoms with van der Waals surface area (Å²) in [6, 6.07) is 4.28. The van der Waals surface area contributed by atoms with Crippen molar-refractivity contribution in [1.82, 2.24) is 5.32 Å². The van der Waals surface area contributed by atoms with Gasteiger partial charge in [0, 0.05) is 12.6 Å². The minimum absolute atomic E-state index is 0.0459. The van der Waals surface area contributed by atoms with Crippen LogP contribution in [0.3, 0.4) is 0 Å². The number of carbonyl (C=O) groups excluding carboxylic acids is 1. The number of amides is 1. The van der Waals surface area contributed by atoms with Gasteiger partial charge >= 0.3 is 0 Å². The molecule has 6 heteroatoms. The van der Waals surface area contributed by atoms with Gasteiger partial charge in [-0.05, 0) is 19.4 Å². The summed E-state index contributed by atoms with van der Waals surface area (Å²) in [6.07, 6.45) is 4.44. The Morgan fingerprint density at radius 1 is 1.53 bits per heavy atom. The van der Waals surface area contributed by atoms with Crippen LogP contribution in [0.5, 0.6) is 5.75 Å². The van der Waals surface area contributed by atoms with E-state index in [1.54, 1.807) is 0 Å². The Balaban J connectivity index is 2.96. The van der Waals surface area contributed by atoms with Crippen LogP contribution in [-0.2, 0) is 0 Å². The molecule has 1 rings (SSSR count). The zero-order valence-electron chi connectivity index (χ0n) is 10.9. The summed E-state index contributed by atoms with van der Waals surface area (Å²) in [5.74, 6) is -0.314. The zero-order valence-corrected chi connectivity index (χ0v) is 10.9. The van der Waals surface area contributed by atoms with Gasteiger partial charge < -0.3 is 10.1 Å². The average Bonchev–Trinajstić information content (AvgIpc) is 2.42. The summed E-state index contributed by atoms with van der Waals surface area (Å²) in [5, 5.41) is 13.6. The molecule has 102 valence electrons. The molecule has 0 fully saturated rings. The molecule has 0 unspecified atom stereocenters. The molecule has 0 aromatic heterocycles.